The molecule has 2 aromatic heterocycles. The van der Waals surface area contributed by atoms with Gasteiger partial charge >= 0.3 is 5.97 Å². The van der Waals surface area contributed by atoms with E-state index in [0.29, 0.717) is 42.4 Å². The molecule has 0 spiro atoms. The molecule has 1 aromatic carbocycles. The Labute approximate surface area is 215 Å². The van der Waals surface area contributed by atoms with Crippen LogP contribution in [-0.2, 0) is 20.9 Å². The van der Waals surface area contributed by atoms with E-state index in [1.807, 2.05) is 12.1 Å². The fourth-order valence-corrected chi connectivity index (χ4v) is 4.99. The molecule has 0 unspecified atom stereocenters. The van der Waals surface area contributed by atoms with Crippen LogP contribution in [0.1, 0.15) is 58.3 Å². The number of esters is 1. The first kappa shape index (κ1) is 25.9. The number of hydrogen-bond donors (Lipinski definition) is 0. The lowest BCUT2D eigenvalue weighted by Crippen LogP contribution is -2.39. The maximum atomic E-state index is 13.2. The van der Waals surface area contributed by atoms with Gasteiger partial charge in [-0.2, -0.15) is 0 Å². The Kier molecular flexibility index (Phi) is 8.46. The molecule has 1 fully saturated rings. The molecule has 0 N–H and O–H groups in total. The lowest BCUT2D eigenvalue weighted by molar-refractivity contribution is -0.140. The van der Waals surface area contributed by atoms with E-state index < -0.39 is 0 Å². The van der Waals surface area contributed by atoms with Gasteiger partial charge in [-0.15, -0.1) is 0 Å². The van der Waals surface area contributed by atoms with Crippen molar-refractivity contribution >= 4 is 34.9 Å². The zero-order valence-corrected chi connectivity index (χ0v) is 21.7. The molecule has 3 heterocycles. The van der Waals surface area contributed by atoms with Gasteiger partial charge in [-0.05, 0) is 37.8 Å². The normalized spacial score (nSPS) is 15.5. The SMILES string of the molecule is CCCCCn1c(N2CCC[C@H]2C(=O)CCCC(=O)OC)cc(=O)n2cc(-c3ccc(Cl)cc3)nc12. The van der Waals surface area contributed by atoms with Gasteiger partial charge in [0.25, 0.3) is 5.56 Å². The average Bonchev–Trinajstić information content (AvgIpc) is 3.54. The van der Waals surface area contributed by atoms with Gasteiger partial charge in [-0.1, -0.05) is 43.5 Å². The Balaban J connectivity index is 1.70. The number of Topliss-reactive ketones (excluding diaryl/α,β-unsaturated/α-hetero) is 1. The summed E-state index contributed by atoms with van der Waals surface area (Å²) in [6.45, 7) is 3.55. The fourth-order valence-electron chi connectivity index (χ4n) is 4.87. The average molecular weight is 513 g/mol. The number of methoxy groups -OCH3 is 1. The summed E-state index contributed by atoms with van der Waals surface area (Å²) in [5, 5.41) is 0.639. The van der Waals surface area contributed by atoms with Crippen LogP contribution < -0.4 is 10.5 Å². The van der Waals surface area contributed by atoms with Crippen molar-refractivity contribution in [2.45, 2.75) is 70.9 Å². The molecule has 0 aliphatic carbocycles. The van der Waals surface area contributed by atoms with E-state index in [9.17, 15) is 14.4 Å². The minimum absolute atomic E-state index is 0.0917. The molecule has 0 saturated carbocycles. The first-order valence-electron chi connectivity index (χ1n) is 12.7. The van der Waals surface area contributed by atoms with Crippen LogP contribution in [0.4, 0.5) is 5.82 Å². The first-order valence-corrected chi connectivity index (χ1v) is 13.1. The molecule has 4 rings (SSSR count). The highest BCUT2D eigenvalue weighted by atomic mass is 35.5. The predicted octanol–water partition coefficient (Wildman–Crippen LogP) is 4.89. The number of halogens is 1. The molecule has 1 saturated heterocycles. The molecule has 1 atom stereocenters. The zero-order valence-electron chi connectivity index (χ0n) is 20.9. The maximum absolute atomic E-state index is 13.2. The number of hydrogen-bond acceptors (Lipinski definition) is 6. The minimum atomic E-state index is -0.312. The predicted molar refractivity (Wildman–Crippen MR) is 141 cm³/mol. The van der Waals surface area contributed by atoms with Crippen molar-refractivity contribution in [1.29, 1.82) is 0 Å². The fraction of sp³-hybridized carbons (Fsp3) is 0.481. The van der Waals surface area contributed by atoms with Gasteiger partial charge in [0.15, 0.2) is 5.78 Å². The van der Waals surface area contributed by atoms with E-state index in [4.69, 9.17) is 16.6 Å². The summed E-state index contributed by atoms with van der Waals surface area (Å²) in [4.78, 5) is 44.7. The monoisotopic (exact) mass is 512 g/mol. The van der Waals surface area contributed by atoms with Crippen LogP contribution in [-0.4, -0.2) is 45.4 Å². The summed E-state index contributed by atoms with van der Waals surface area (Å²) in [6.07, 6.45) is 7.43. The highest BCUT2D eigenvalue weighted by molar-refractivity contribution is 6.30. The largest absolute Gasteiger partial charge is 0.469 e. The van der Waals surface area contributed by atoms with E-state index in [-0.39, 0.29) is 29.8 Å². The van der Waals surface area contributed by atoms with Crippen LogP contribution in [0.25, 0.3) is 17.0 Å². The summed E-state index contributed by atoms with van der Waals surface area (Å²) in [5.74, 6) is 1.09. The molecule has 36 heavy (non-hydrogen) atoms. The van der Waals surface area contributed by atoms with Gasteiger partial charge < -0.3 is 9.64 Å². The van der Waals surface area contributed by atoms with Gasteiger partial charge in [0.05, 0.1) is 18.8 Å². The Morgan fingerprint density at radius 1 is 1.14 bits per heavy atom. The number of nitrogens with zero attached hydrogens (tertiary/aromatic N) is 4. The van der Waals surface area contributed by atoms with E-state index in [1.54, 1.807) is 28.8 Å². The Morgan fingerprint density at radius 3 is 2.64 bits per heavy atom. The minimum Gasteiger partial charge on any atom is -0.469 e. The third-order valence-electron chi connectivity index (χ3n) is 6.77. The van der Waals surface area contributed by atoms with Crippen LogP contribution in [0.5, 0.6) is 0 Å². The number of carbonyl (C=O) groups is 2. The summed E-state index contributed by atoms with van der Waals surface area (Å²) in [7, 11) is 1.35. The molecule has 1 aliphatic rings. The number of ether oxygens (including phenoxy) is 1. The number of imidazole rings is 1. The molecular weight excluding hydrogens is 480 g/mol. The van der Waals surface area contributed by atoms with Crippen LogP contribution in [0, 0.1) is 0 Å². The molecule has 1 aliphatic heterocycles. The zero-order chi connectivity index (χ0) is 25.7. The second-order valence-corrected chi connectivity index (χ2v) is 9.69. The number of benzene rings is 1. The molecule has 3 aromatic rings. The van der Waals surface area contributed by atoms with Crippen LogP contribution >= 0.6 is 11.6 Å². The van der Waals surface area contributed by atoms with Gasteiger partial charge in [-0.25, -0.2) is 4.98 Å². The third-order valence-corrected chi connectivity index (χ3v) is 7.02. The van der Waals surface area contributed by atoms with E-state index in [1.165, 1.54) is 7.11 Å². The van der Waals surface area contributed by atoms with Crippen molar-refractivity contribution in [1.82, 2.24) is 14.0 Å². The molecule has 192 valence electrons. The number of fused-ring (bicyclic) bond motifs is 1. The number of ketones is 1. The van der Waals surface area contributed by atoms with Crippen molar-refractivity contribution in [2.75, 3.05) is 18.6 Å². The topological polar surface area (TPSA) is 85.9 Å². The number of aromatic nitrogens is 3. The lowest BCUT2D eigenvalue weighted by atomic mass is 10.0. The third kappa shape index (κ3) is 5.64. The summed E-state index contributed by atoms with van der Waals surface area (Å²) in [6, 6.07) is 8.71. The van der Waals surface area contributed by atoms with Gasteiger partial charge in [-0.3, -0.25) is 23.4 Å². The number of anilines is 1. The summed E-state index contributed by atoms with van der Waals surface area (Å²) < 4.78 is 8.36. The Hall–Kier alpha value is -3.13. The summed E-state index contributed by atoms with van der Waals surface area (Å²) in [5.41, 5.74) is 1.40. The van der Waals surface area contributed by atoms with Crippen LogP contribution in [0.3, 0.4) is 0 Å². The van der Waals surface area contributed by atoms with Crippen LogP contribution in [0.15, 0.2) is 41.3 Å². The number of rotatable bonds is 11. The van der Waals surface area contributed by atoms with Crippen molar-refractivity contribution < 1.29 is 14.3 Å². The Bertz CT molecular complexity index is 1280. The molecular formula is C27H33ClN4O4. The molecule has 0 radical (unpaired) electrons. The summed E-state index contributed by atoms with van der Waals surface area (Å²) >= 11 is 6.05. The number of aryl methyl sites for hydroxylation is 1. The van der Waals surface area contributed by atoms with Crippen molar-refractivity contribution in [3.05, 3.63) is 51.9 Å². The van der Waals surface area contributed by atoms with Gasteiger partial charge in [0.2, 0.25) is 5.78 Å². The second-order valence-electron chi connectivity index (χ2n) is 9.25. The highest BCUT2D eigenvalue weighted by Gasteiger charge is 2.32. The quantitative estimate of drug-likeness (QED) is 0.268. The molecule has 0 bridgehead atoms. The van der Waals surface area contributed by atoms with E-state index in [2.05, 4.69) is 21.1 Å². The molecule has 9 heteroatoms. The smallest absolute Gasteiger partial charge is 0.305 e. The first-order chi connectivity index (χ1) is 17.4. The lowest BCUT2D eigenvalue weighted by Gasteiger charge is -2.29. The maximum Gasteiger partial charge on any atom is 0.305 e. The van der Waals surface area contributed by atoms with Crippen molar-refractivity contribution in [3.63, 3.8) is 0 Å². The highest BCUT2D eigenvalue weighted by Crippen LogP contribution is 2.29. The van der Waals surface area contributed by atoms with Crippen molar-refractivity contribution in [3.8, 4) is 11.3 Å². The van der Waals surface area contributed by atoms with E-state index >= 15 is 0 Å². The van der Waals surface area contributed by atoms with Gasteiger partial charge in [0.1, 0.15) is 5.82 Å². The molecule has 8 nitrogen and oxygen atoms in total. The Morgan fingerprint density at radius 2 is 1.92 bits per heavy atom. The van der Waals surface area contributed by atoms with Gasteiger partial charge in [0, 0.05) is 48.8 Å². The van der Waals surface area contributed by atoms with Crippen molar-refractivity contribution in [2.24, 2.45) is 0 Å². The van der Waals surface area contributed by atoms with Crippen LogP contribution in [0.2, 0.25) is 5.02 Å². The number of unbranched alkanes of at least 4 members (excludes halogenated alkanes) is 2. The standard InChI is InChI=1S/C27H33ClN4O4/c1-3-4-5-15-31-24(30-16-7-8-22(30)23(33)9-6-10-26(35)36-2)17-25(34)32-18-21(29-27(31)32)19-11-13-20(28)14-12-19/h11-14,17-18,22H,3-10,15-16H2,1-2H3/t22-/m0/s1. The molecule has 0 amide bonds. The van der Waals surface area contributed by atoms with E-state index in [0.717, 1.165) is 43.5 Å². The second kappa shape index (κ2) is 11.7. The number of carbonyl (C=O) groups excluding carboxylic acids is 2.